The predicted molar refractivity (Wildman–Crippen MR) is 69.8 cm³/mol. The molecule has 19 heavy (non-hydrogen) atoms. The minimum absolute atomic E-state index is 0.118. The van der Waals surface area contributed by atoms with Crippen LogP contribution in [0, 0.1) is 17.2 Å². The van der Waals surface area contributed by atoms with E-state index in [0.29, 0.717) is 11.4 Å². The van der Waals surface area contributed by atoms with Crippen molar-refractivity contribution in [3.8, 4) is 11.8 Å². The summed E-state index contributed by atoms with van der Waals surface area (Å²) in [6.07, 6.45) is 3.60. The Labute approximate surface area is 111 Å². The highest BCUT2D eigenvalue weighted by Gasteiger charge is 2.27. The molecule has 1 aromatic rings. The fourth-order valence-electron chi connectivity index (χ4n) is 2.34. The number of aromatic carboxylic acids is 1. The topological polar surface area (TPSA) is 96.3 Å². The molecule has 1 fully saturated rings. The van der Waals surface area contributed by atoms with Gasteiger partial charge >= 0.3 is 5.97 Å². The van der Waals surface area contributed by atoms with Crippen LogP contribution in [0.1, 0.15) is 36.0 Å². The molecule has 0 aliphatic heterocycles. The molecule has 1 aliphatic carbocycles. The normalized spacial score (nSPS) is 22.5. The molecule has 1 aromatic carbocycles. The van der Waals surface area contributed by atoms with E-state index >= 15 is 0 Å². The molecule has 2 atom stereocenters. The van der Waals surface area contributed by atoms with Gasteiger partial charge < -0.3 is 15.6 Å². The van der Waals surface area contributed by atoms with E-state index in [4.69, 9.17) is 20.8 Å². The molecule has 5 nitrogen and oxygen atoms in total. The summed E-state index contributed by atoms with van der Waals surface area (Å²) in [4.78, 5) is 10.8. The highest BCUT2D eigenvalue weighted by molar-refractivity contribution is 5.89. The van der Waals surface area contributed by atoms with Gasteiger partial charge in [-0.3, -0.25) is 0 Å². The number of anilines is 1. The SMILES string of the molecule is N#CC1CCCCC1Oc1ccc(C(=O)O)cc1N. The van der Waals surface area contributed by atoms with Crippen molar-refractivity contribution in [1.82, 2.24) is 0 Å². The lowest BCUT2D eigenvalue weighted by Crippen LogP contribution is -2.29. The van der Waals surface area contributed by atoms with Crippen molar-refractivity contribution < 1.29 is 14.6 Å². The fraction of sp³-hybridized carbons (Fsp3) is 0.429. The summed E-state index contributed by atoms with van der Waals surface area (Å²) in [6.45, 7) is 0. The van der Waals surface area contributed by atoms with E-state index in [1.165, 1.54) is 12.1 Å². The quantitative estimate of drug-likeness (QED) is 0.813. The third-order valence-corrected chi connectivity index (χ3v) is 3.40. The maximum absolute atomic E-state index is 10.8. The van der Waals surface area contributed by atoms with Crippen LogP contribution in [0.15, 0.2) is 18.2 Å². The lowest BCUT2D eigenvalue weighted by molar-refractivity contribution is 0.0697. The Kier molecular flexibility index (Phi) is 3.91. The summed E-state index contributed by atoms with van der Waals surface area (Å²) in [5, 5.41) is 17.9. The van der Waals surface area contributed by atoms with Gasteiger partial charge in [-0.15, -0.1) is 0 Å². The lowest BCUT2D eigenvalue weighted by Gasteiger charge is -2.27. The Morgan fingerprint density at radius 1 is 1.42 bits per heavy atom. The lowest BCUT2D eigenvalue weighted by atomic mass is 9.87. The van der Waals surface area contributed by atoms with Crippen LogP contribution in [0.25, 0.3) is 0 Å². The largest absolute Gasteiger partial charge is 0.487 e. The van der Waals surface area contributed by atoms with Crippen LogP contribution in [0.5, 0.6) is 5.75 Å². The monoisotopic (exact) mass is 260 g/mol. The van der Waals surface area contributed by atoms with Crippen LogP contribution in [-0.4, -0.2) is 17.2 Å². The Hall–Kier alpha value is -2.22. The molecule has 0 heterocycles. The van der Waals surface area contributed by atoms with Gasteiger partial charge in [0, 0.05) is 0 Å². The van der Waals surface area contributed by atoms with Gasteiger partial charge in [0.25, 0.3) is 0 Å². The standard InChI is InChI=1S/C14H16N2O3/c15-8-10-3-1-2-4-12(10)19-13-6-5-9(14(17)18)7-11(13)16/h5-7,10,12H,1-4,16H2,(H,17,18). The molecule has 2 unspecified atom stereocenters. The number of nitrogen functional groups attached to an aromatic ring is 1. The second-order valence-electron chi connectivity index (χ2n) is 4.73. The highest BCUT2D eigenvalue weighted by Crippen LogP contribution is 2.31. The summed E-state index contributed by atoms with van der Waals surface area (Å²) in [5.41, 5.74) is 6.22. The van der Waals surface area contributed by atoms with E-state index in [9.17, 15) is 4.79 Å². The first-order chi connectivity index (χ1) is 9.11. The molecule has 1 saturated carbocycles. The van der Waals surface area contributed by atoms with E-state index in [1.54, 1.807) is 6.07 Å². The number of benzene rings is 1. The Balaban J connectivity index is 2.14. The number of hydrogen-bond acceptors (Lipinski definition) is 4. The van der Waals surface area contributed by atoms with Gasteiger partial charge in [-0.1, -0.05) is 6.42 Å². The molecule has 0 radical (unpaired) electrons. The third-order valence-electron chi connectivity index (χ3n) is 3.40. The van der Waals surface area contributed by atoms with Crippen LogP contribution in [0.2, 0.25) is 0 Å². The fourth-order valence-corrected chi connectivity index (χ4v) is 2.34. The minimum atomic E-state index is -1.02. The van der Waals surface area contributed by atoms with Gasteiger partial charge in [0.15, 0.2) is 0 Å². The molecule has 2 rings (SSSR count). The van der Waals surface area contributed by atoms with Crippen molar-refractivity contribution in [2.24, 2.45) is 5.92 Å². The molecular formula is C14H16N2O3. The van der Waals surface area contributed by atoms with Gasteiger partial charge in [0.05, 0.1) is 23.2 Å². The molecular weight excluding hydrogens is 244 g/mol. The number of carboxylic acids is 1. The molecule has 0 aromatic heterocycles. The van der Waals surface area contributed by atoms with Crippen molar-refractivity contribution in [2.75, 3.05) is 5.73 Å². The van der Waals surface area contributed by atoms with E-state index in [2.05, 4.69) is 6.07 Å². The van der Waals surface area contributed by atoms with E-state index in [0.717, 1.165) is 25.7 Å². The zero-order valence-corrected chi connectivity index (χ0v) is 10.5. The van der Waals surface area contributed by atoms with Crippen LogP contribution < -0.4 is 10.5 Å². The van der Waals surface area contributed by atoms with Crippen LogP contribution in [0.3, 0.4) is 0 Å². The van der Waals surface area contributed by atoms with Crippen LogP contribution in [-0.2, 0) is 0 Å². The zero-order valence-electron chi connectivity index (χ0n) is 10.5. The van der Waals surface area contributed by atoms with E-state index in [-0.39, 0.29) is 17.6 Å². The van der Waals surface area contributed by atoms with Crippen molar-refractivity contribution in [3.63, 3.8) is 0 Å². The van der Waals surface area contributed by atoms with E-state index in [1.807, 2.05) is 0 Å². The van der Waals surface area contributed by atoms with Crippen molar-refractivity contribution in [3.05, 3.63) is 23.8 Å². The second-order valence-corrected chi connectivity index (χ2v) is 4.73. The molecule has 1 aliphatic rings. The summed E-state index contributed by atoms with van der Waals surface area (Å²) in [6, 6.07) is 6.65. The molecule has 0 saturated heterocycles. The minimum Gasteiger partial charge on any atom is -0.487 e. The summed E-state index contributed by atoms with van der Waals surface area (Å²) in [7, 11) is 0. The second kappa shape index (κ2) is 5.61. The molecule has 0 bridgehead atoms. The van der Waals surface area contributed by atoms with Gasteiger partial charge in [-0.2, -0.15) is 5.26 Å². The van der Waals surface area contributed by atoms with E-state index < -0.39 is 5.97 Å². The number of nitrogens with two attached hydrogens (primary N) is 1. The molecule has 0 amide bonds. The first kappa shape index (κ1) is 13.2. The number of nitrogens with zero attached hydrogens (tertiary/aromatic N) is 1. The van der Waals surface area contributed by atoms with Gasteiger partial charge in [-0.25, -0.2) is 4.79 Å². The number of nitriles is 1. The van der Waals surface area contributed by atoms with Crippen LogP contribution in [0.4, 0.5) is 5.69 Å². The van der Waals surface area contributed by atoms with Crippen LogP contribution >= 0.6 is 0 Å². The number of hydrogen-bond donors (Lipinski definition) is 2. The van der Waals surface area contributed by atoms with Crippen molar-refractivity contribution in [2.45, 2.75) is 31.8 Å². The molecule has 100 valence electrons. The van der Waals surface area contributed by atoms with Crippen molar-refractivity contribution >= 4 is 11.7 Å². The summed E-state index contributed by atoms with van der Waals surface area (Å²) < 4.78 is 5.78. The number of carboxylic acid groups (broad SMARTS) is 1. The van der Waals surface area contributed by atoms with Gasteiger partial charge in [0.1, 0.15) is 11.9 Å². The summed E-state index contributed by atoms with van der Waals surface area (Å²) in [5.74, 6) is -0.685. The zero-order chi connectivity index (χ0) is 13.8. The first-order valence-electron chi connectivity index (χ1n) is 6.31. The maximum Gasteiger partial charge on any atom is 0.335 e. The molecule has 3 N–H and O–H groups in total. The average molecular weight is 260 g/mol. The maximum atomic E-state index is 10.8. The van der Waals surface area contributed by atoms with Crippen molar-refractivity contribution in [1.29, 1.82) is 5.26 Å². The number of ether oxygens (including phenoxy) is 1. The average Bonchev–Trinajstić information content (AvgIpc) is 2.41. The third kappa shape index (κ3) is 2.97. The van der Waals surface area contributed by atoms with Gasteiger partial charge in [0.2, 0.25) is 0 Å². The predicted octanol–water partition coefficient (Wildman–Crippen LogP) is 2.43. The molecule has 5 heteroatoms. The van der Waals surface area contributed by atoms with Gasteiger partial charge in [-0.05, 0) is 37.5 Å². The molecule has 0 spiro atoms. The smallest absolute Gasteiger partial charge is 0.335 e. The highest BCUT2D eigenvalue weighted by atomic mass is 16.5. The Morgan fingerprint density at radius 3 is 2.79 bits per heavy atom. The Morgan fingerprint density at radius 2 is 2.16 bits per heavy atom. The first-order valence-corrected chi connectivity index (χ1v) is 6.31. The summed E-state index contributed by atoms with van der Waals surface area (Å²) >= 11 is 0. The number of carbonyl (C=O) groups is 1. The Bertz CT molecular complexity index is 522. The number of rotatable bonds is 3.